The fourth-order valence-corrected chi connectivity index (χ4v) is 2.81. The van der Waals surface area contributed by atoms with Gasteiger partial charge in [-0.3, -0.25) is 4.79 Å². The SMILES string of the molecule is Cc1onc(-c2ccccc2)c1C#Cc1ccc(C(=O)NCC2CC2)cc1. The van der Waals surface area contributed by atoms with Crippen LogP contribution in [0.5, 0.6) is 0 Å². The van der Waals surface area contributed by atoms with Crippen LogP contribution in [0.1, 0.15) is 40.1 Å². The summed E-state index contributed by atoms with van der Waals surface area (Å²) in [6.07, 6.45) is 2.45. The van der Waals surface area contributed by atoms with E-state index in [1.165, 1.54) is 12.8 Å². The highest BCUT2D eigenvalue weighted by Gasteiger charge is 2.21. The highest BCUT2D eigenvalue weighted by atomic mass is 16.5. The summed E-state index contributed by atoms with van der Waals surface area (Å²) in [6, 6.07) is 17.2. The molecule has 134 valence electrons. The van der Waals surface area contributed by atoms with Crippen molar-refractivity contribution in [2.45, 2.75) is 19.8 Å². The number of benzene rings is 2. The van der Waals surface area contributed by atoms with Gasteiger partial charge in [0.1, 0.15) is 11.5 Å². The van der Waals surface area contributed by atoms with Crippen molar-refractivity contribution < 1.29 is 9.32 Å². The van der Waals surface area contributed by atoms with Gasteiger partial charge in [-0.1, -0.05) is 47.3 Å². The van der Waals surface area contributed by atoms with Gasteiger partial charge < -0.3 is 9.84 Å². The average Bonchev–Trinajstić information content (AvgIpc) is 3.47. The van der Waals surface area contributed by atoms with Gasteiger partial charge in [-0.05, 0) is 49.9 Å². The molecule has 4 heteroatoms. The largest absolute Gasteiger partial charge is 0.360 e. The second-order valence-corrected chi connectivity index (χ2v) is 6.81. The summed E-state index contributed by atoms with van der Waals surface area (Å²) in [7, 11) is 0. The van der Waals surface area contributed by atoms with E-state index in [1.807, 2.05) is 61.5 Å². The van der Waals surface area contributed by atoms with Crippen molar-refractivity contribution in [3.8, 4) is 23.1 Å². The Balaban J connectivity index is 1.51. The first-order valence-corrected chi connectivity index (χ1v) is 9.12. The van der Waals surface area contributed by atoms with E-state index in [-0.39, 0.29) is 5.91 Å². The molecule has 1 amide bonds. The van der Waals surface area contributed by atoms with Crippen molar-refractivity contribution in [1.82, 2.24) is 10.5 Å². The third kappa shape index (κ3) is 4.09. The van der Waals surface area contributed by atoms with Gasteiger partial charge in [0.25, 0.3) is 5.91 Å². The zero-order valence-corrected chi connectivity index (χ0v) is 15.2. The Morgan fingerprint density at radius 2 is 1.85 bits per heavy atom. The number of aromatic nitrogens is 1. The Morgan fingerprint density at radius 3 is 2.56 bits per heavy atom. The molecule has 27 heavy (non-hydrogen) atoms. The van der Waals surface area contributed by atoms with Crippen LogP contribution >= 0.6 is 0 Å². The quantitative estimate of drug-likeness (QED) is 0.713. The van der Waals surface area contributed by atoms with Crippen molar-refractivity contribution in [3.63, 3.8) is 0 Å². The highest BCUT2D eigenvalue weighted by Crippen LogP contribution is 2.27. The Bertz CT molecular complexity index is 1000. The molecule has 0 aliphatic heterocycles. The van der Waals surface area contributed by atoms with Crippen LogP contribution in [0, 0.1) is 24.7 Å². The molecular weight excluding hydrogens is 336 g/mol. The van der Waals surface area contributed by atoms with E-state index in [1.54, 1.807) is 0 Å². The first-order valence-electron chi connectivity index (χ1n) is 9.12. The van der Waals surface area contributed by atoms with Crippen molar-refractivity contribution in [2.24, 2.45) is 5.92 Å². The summed E-state index contributed by atoms with van der Waals surface area (Å²) < 4.78 is 5.33. The molecule has 1 aromatic heterocycles. The Hall–Kier alpha value is -3.32. The molecule has 1 heterocycles. The van der Waals surface area contributed by atoms with E-state index in [2.05, 4.69) is 22.3 Å². The van der Waals surface area contributed by atoms with Gasteiger partial charge in [0.2, 0.25) is 0 Å². The molecule has 4 rings (SSSR count). The average molecular weight is 356 g/mol. The predicted octanol–water partition coefficient (Wildman–Crippen LogP) is 4.19. The maximum Gasteiger partial charge on any atom is 0.251 e. The maximum absolute atomic E-state index is 12.1. The summed E-state index contributed by atoms with van der Waals surface area (Å²) in [6.45, 7) is 2.63. The molecule has 1 N–H and O–H groups in total. The number of hydrogen-bond donors (Lipinski definition) is 1. The molecule has 1 aliphatic carbocycles. The predicted molar refractivity (Wildman–Crippen MR) is 104 cm³/mol. The number of carbonyl (C=O) groups excluding carboxylic acids is 1. The second-order valence-electron chi connectivity index (χ2n) is 6.81. The summed E-state index contributed by atoms with van der Waals surface area (Å²) in [5.74, 6) is 7.65. The monoisotopic (exact) mass is 356 g/mol. The van der Waals surface area contributed by atoms with Gasteiger partial charge in [-0.25, -0.2) is 0 Å². The minimum Gasteiger partial charge on any atom is -0.360 e. The second kappa shape index (κ2) is 7.51. The molecule has 4 nitrogen and oxygen atoms in total. The van der Waals surface area contributed by atoms with Crippen molar-refractivity contribution in [1.29, 1.82) is 0 Å². The number of amides is 1. The molecule has 1 fully saturated rings. The van der Waals surface area contributed by atoms with E-state index < -0.39 is 0 Å². The van der Waals surface area contributed by atoms with E-state index >= 15 is 0 Å². The van der Waals surface area contributed by atoms with Gasteiger partial charge in [0, 0.05) is 23.2 Å². The fraction of sp³-hybridized carbons (Fsp3) is 0.217. The molecule has 3 aromatic rings. The maximum atomic E-state index is 12.1. The van der Waals surface area contributed by atoms with Crippen LogP contribution in [-0.4, -0.2) is 17.6 Å². The van der Waals surface area contributed by atoms with Crippen LogP contribution in [0.15, 0.2) is 59.1 Å². The summed E-state index contributed by atoms with van der Waals surface area (Å²) >= 11 is 0. The number of rotatable bonds is 4. The lowest BCUT2D eigenvalue weighted by atomic mass is 10.1. The number of nitrogens with zero attached hydrogens (tertiary/aromatic N) is 1. The van der Waals surface area contributed by atoms with E-state index in [4.69, 9.17) is 4.52 Å². The smallest absolute Gasteiger partial charge is 0.251 e. The minimum atomic E-state index is -0.0253. The number of hydrogen-bond acceptors (Lipinski definition) is 3. The molecule has 0 bridgehead atoms. The molecule has 0 atom stereocenters. The van der Waals surface area contributed by atoms with Gasteiger partial charge in [0.15, 0.2) is 0 Å². The standard InChI is InChI=1S/C23H20N2O2/c1-16-21(22(25-27-16)19-5-3-2-4-6-19)14-11-17-9-12-20(13-10-17)23(26)24-15-18-7-8-18/h2-6,9-10,12-13,18H,7-8,15H2,1H3,(H,24,26). The lowest BCUT2D eigenvalue weighted by Gasteiger charge is -2.03. The number of carbonyl (C=O) groups is 1. The molecule has 2 aromatic carbocycles. The molecule has 0 saturated heterocycles. The first kappa shape index (κ1) is 17.1. The molecule has 0 radical (unpaired) electrons. The Morgan fingerprint density at radius 1 is 1.11 bits per heavy atom. The normalized spacial score (nSPS) is 12.9. The van der Waals surface area contributed by atoms with Gasteiger partial charge in [-0.2, -0.15) is 0 Å². The number of nitrogens with one attached hydrogen (secondary N) is 1. The minimum absolute atomic E-state index is 0.0253. The zero-order valence-electron chi connectivity index (χ0n) is 15.2. The van der Waals surface area contributed by atoms with Crippen molar-refractivity contribution >= 4 is 5.91 Å². The molecule has 1 aliphatic rings. The van der Waals surface area contributed by atoms with E-state index in [0.29, 0.717) is 17.2 Å². The lowest BCUT2D eigenvalue weighted by Crippen LogP contribution is -2.25. The third-order valence-corrected chi connectivity index (χ3v) is 4.64. The molecule has 0 spiro atoms. The Labute approximate surface area is 158 Å². The van der Waals surface area contributed by atoms with E-state index in [0.717, 1.165) is 28.9 Å². The summed E-state index contributed by atoms with van der Waals surface area (Å²) in [5, 5.41) is 7.12. The Kier molecular flexibility index (Phi) is 4.76. The van der Waals surface area contributed by atoms with Crippen LogP contribution in [0.25, 0.3) is 11.3 Å². The van der Waals surface area contributed by atoms with Crippen LogP contribution in [0.2, 0.25) is 0 Å². The van der Waals surface area contributed by atoms with Crippen LogP contribution in [0.3, 0.4) is 0 Å². The van der Waals surface area contributed by atoms with Crippen LogP contribution in [0.4, 0.5) is 0 Å². The summed E-state index contributed by atoms with van der Waals surface area (Å²) in [4.78, 5) is 12.1. The van der Waals surface area contributed by atoms with Crippen molar-refractivity contribution in [3.05, 3.63) is 77.0 Å². The third-order valence-electron chi connectivity index (χ3n) is 4.64. The fourth-order valence-electron chi connectivity index (χ4n) is 2.81. The topological polar surface area (TPSA) is 55.1 Å². The van der Waals surface area contributed by atoms with E-state index in [9.17, 15) is 4.79 Å². The van der Waals surface area contributed by atoms with Crippen LogP contribution < -0.4 is 5.32 Å². The lowest BCUT2D eigenvalue weighted by molar-refractivity contribution is 0.0952. The molecular formula is C23H20N2O2. The van der Waals surface area contributed by atoms with Crippen molar-refractivity contribution in [2.75, 3.05) is 6.54 Å². The van der Waals surface area contributed by atoms with Gasteiger partial charge in [-0.15, -0.1) is 0 Å². The number of aryl methyl sites for hydroxylation is 1. The molecule has 1 saturated carbocycles. The van der Waals surface area contributed by atoms with Gasteiger partial charge in [0.05, 0.1) is 5.56 Å². The highest BCUT2D eigenvalue weighted by molar-refractivity contribution is 5.94. The molecule has 0 unspecified atom stereocenters. The summed E-state index contributed by atoms with van der Waals surface area (Å²) in [5.41, 5.74) is 4.01. The van der Waals surface area contributed by atoms with Crippen LogP contribution in [-0.2, 0) is 0 Å². The van der Waals surface area contributed by atoms with Gasteiger partial charge >= 0.3 is 0 Å². The first-order chi connectivity index (χ1) is 13.2. The zero-order chi connectivity index (χ0) is 18.6.